The highest BCUT2D eigenvalue weighted by Gasteiger charge is 2.23. The van der Waals surface area contributed by atoms with E-state index in [1.165, 1.54) is 0 Å². The van der Waals surface area contributed by atoms with Gasteiger partial charge in [-0.05, 0) is 25.2 Å². The molecule has 0 rings (SSSR count). The predicted octanol–water partition coefficient (Wildman–Crippen LogP) is 2.75. The number of hydrogen-bond donors (Lipinski definition) is 3. The van der Waals surface area contributed by atoms with Crippen LogP contribution in [0.25, 0.3) is 0 Å². The van der Waals surface area contributed by atoms with Crippen LogP contribution in [0.15, 0.2) is 0 Å². The number of carbonyl (C=O) groups excluding carboxylic acids is 1. The Morgan fingerprint density at radius 1 is 1.21 bits per heavy atom. The van der Waals surface area contributed by atoms with Crippen molar-refractivity contribution in [3.05, 3.63) is 0 Å². The van der Waals surface area contributed by atoms with E-state index >= 15 is 0 Å². The van der Waals surface area contributed by atoms with Crippen molar-refractivity contribution in [2.75, 3.05) is 0 Å². The molecule has 0 radical (unpaired) electrons. The molecule has 2 amide bonds. The van der Waals surface area contributed by atoms with E-state index in [2.05, 4.69) is 17.6 Å². The van der Waals surface area contributed by atoms with Crippen LogP contribution in [0.2, 0.25) is 0 Å². The summed E-state index contributed by atoms with van der Waals surface area (Å²) >= 11 is 0. The predicted molar refractivity (Wildman–Crippen MR) is 76.2 cm³/mol. The fraction of sp³-hybridized carbons (Fsp3) is 0.857. The monoisotopic (exact) mass is 272 g/mol. The third kappa shape index (κ3) is 10.4. The Kier molecular flexibility index (Phi) is 7.49. The Labute approximate surface area is 116 Å². The van der Waals surface area contributed by atoms with Gasteiger partial charge in [-0.1, -0.05) is 34.1 Å². The minimum Gasteiger partial charge on any atom is -0.481 e. The number of hydrogen-bond acceptors (Lipinski definition) is 2. The average molecular weight is 272 g/mol. The Bertz CT molecular complexity index is 298. The number of amides is 2. The molecule has 0 fully saturated rings. The van der Waals surface area contributed by atoms with Crippen molar-refractivity contribution in [1.82, 2.24) is 10.6 Å². The maximum Gasteiger partial charge on any atom is 0.315 e. The zero-order valence-corrected chi connectivity index (χ0v) is 12.7. The Balaban J connectivity index is 4.38. The van der Waals surface area contributed by atoms with Gasteiger partial charge >= 0.3 is 12.0 Å². The maximum absolute atomic E-state index is 11.8. The summed E-state index contributed by atoms with van der Waals surface area (Å²) in [6.45, 7) is 10.1. The number of nitrogens with one attached hydrogen (secondary N) is 2. The smallest absolute Gasteiger partial charge is 0.315 e. The van der Waals surface area contributed by atoms with E-state index in [9.17, 15) is 9.59 Å². The second-order valence-corrected chi connectivity index (χ2v) is 6.37. The molecule has 5 nitrogen and oxygen atoms in total. The highest BCUT2D eigenvalue weighted by molar-refractivity contribution is 5.76. The summed E-state index contributed by atoms with van der Waals surface area (Å²) in [5, 5.41) is 14.5. The first-order valence-electron chi connectivity index (χ1n) is 6.93. The van der Waals surface area contributed by atoms with Gasteiger partial charge in [-0.2, -0.15) is 0 Å². The molecule has 0 heterocycles. The quantitative estimate of drug-likeness (QED) is 0.667. The van der Waals surface area contributed by atoms with E-state index < -0.39 is 5.97 Å². The molecular formula is C14H28N2O3. The highest BCUT2D eigenvalue weighted by Crippen LogP contribution is 2.22. The minimum atomic E-state index is -0.892. The van der Waals surface area contributed by atoms with Gasteiger partial charge in [-0.15, -0.1) is 0 Å². The number of carboxylic acids is 1. The zero-order chi connectivity index (χ0) is 15.1. The van der Waals surface area contributed by atoms with Gasteiger partial charge in [0.2, 0.25) is 0 Å². The lowest BCUT2D eigenvalue weighted by Crippen LogP contribution is -2.47. The van der Waals surface area contributed by atoms with Crippen molar-refractivity contribution in [2.24, 2.45) is 5.41 Å². The Morgan fingerprint density at radius 3 is 2.21 bits per heavy atom. The fourth-order valence-corrected chi connectivity index (χ4v) is 2.08. The lowest BCUT2D eigenvalue weighted by molar-refractivity contribution is -0.137. The van der Waals surface area contributed by atoms with Gasteiger partial charge in [0.05, 0.1) is 6.42 Å². The molecule has 0 saturated heterocycles. The summed E-state index contributed by atoms with van der Waals surface area (Å²) in [4.78, 5) is 22.6. The first-order chi connectivity index (χ1) is 8.64. The molecule has 2 unspecified atom stereocenters. The van der Waals surface area contributed by atoms with Gasteiger partial charge in [0.1, 0.15) is 0 Å². The van der Waals surface area contributed by atoms with Crippen molar-refractivity contribution in [3.63, 3.8) is 0 Å². The minimum absolute atomic E-state index is 0.0254. The van der Waals surface area contributed by atoms with Crippen LogP contribution in [0, 0.1) is 5.41 Å². The molecule has 0 aromatic heterocycles. The van der Waals surface area contributed by atoms with Crippen molar-refractivity contribution in [2.45, 2.75) is 72.4 Å². The first kappa shape index (κ1) is 17.7. The summed E-state index contributed by atoms with van der Waals surface area (Å²) in [6, 6.07) is -0.520. The van der Waals surface area contributed by atoms with Crippen LogP contribution in [0.1, 0.15) is 60.3 Å². The van der Waals surface area contributed by atoms with E-state index in [-0.39, 0.29) is 30.0 Å². The number of urea groups is 1. The normalized spacial score (nSPS) is 14.6. The van der Waals surface area contributed by atoms with Crippen LogP contribution >= 0.6 is 0 Å². The Hall–Kier alpha value is -1.26. The molecule has 0 saturated carbocycles. The molecule has 0 aromatic rings. The SMILES string of the molecule is CCCC(C)NC(=O)NC(CC(=O)O)CC(C)(C)C. The van der Waals surface area contributed by atoms with Gasteiger partial charge in [0.25, 0.3) is 0 Å². The average Bonchev–Trinajstić information content (AvgIpc) is 2.12. The standard InChI is InChI=1S/C14H28N2O3/c1-6-7-10(2)15-13(19)16-11(8-12(17)18)9-14(3,4)5/h10-11H,6-9H2,1-5H3,(H,17,18)(H2,15,16,19). The third-order valence-corrected chi connectivity index (χ3v) is 2.71. The van der Waals surface area contributed by atoms with Crippen LogP contribution in [-0.4, -0.2) is 29.2 Å². The fourth-order valence-electron chi connectivity index (χ4n) is 2.08. The molecule has 0 aromatic carbocycles. The van der Waals surface area contributed by atoms with Gasteiger partial charge in [0, 0.05) is 12.1 Å². The molecule has 5 heteroatoms. The van der Waals surface area contributed by atoms with Crippen LogP contribution < -0.4 is 10.6 Å². The summed E-state index contributed by atoms with van der Waals surface area (Å²) < 4.78 is 0. The molecule has 3 N–H and O–H groups in total. The van der Waals surface area contributed by atoms with Crippen LogP contribution in [0.4, 0.5) is 4.79 Å². The summed E-state index contributed by atoms with van der Waals surface area (Å²) in [6.07, 6.45) is 2.50. The van der Waals surface area contributed by atoms with Gasteiger partial charge < -0.3 is 15.7 Å². The third-order valence-electron chi connectivity index (χ3n) is 2.71. The zero-order valence-electron chi connectivity index (χ0n) is 12.7. The summed E-state index contributed by atoms with van der Waals surface area (Å²) in [7, 11) is 0. The highest BCUT2D eigenvalue weighted by atomic mass is 16.4. The molecule has 2 atom stereocenters. The molecular weight excluding hydrogens is 244 g/mol. The molecule has 112 valence electrons. The van der Waals surface area contributed by atoms with Crippen molar-refractivity contribution in [1.29, 1.82) is 0 Å². The lowest BCUT2D eigenvalue weighted by Gasteiger charge is -2.26. The van der Waals surface area contributed by atoms with E-state index in [4.69, 9.17) is 5.11 Å². The van der Waals surface area contributed by atoms with Gasteiger partial charge in [-0.25, -0.2) is 4.79 Å². The summed E-state index contributed by atoms with van der Waals surface area (Å²) in [5.74, 6) is -0.892. The van der Waals surface area contributed by atoms with Crippen LogP contribution in [0.3, 0.4) is 0 Å². The number of aliphatic carboxylic acids is 1. The topological polar surface area (TPSA) is 78.4 Å². The molecule has 0 bridgehead atoms. The van der Waals surface area contributed by atoms with Crippen LogP contribution in [-0.2, 0) is 4.79 Å². The number of carbonyl (C=O) groups is 2. The molecule has 0 aliphatic carbocycles. The number of carboxylic acid groups (broad SMARTS) is 1. The van der Waals surface area contributed by atoms with Crippen LogP contribution in [0.5, 0.6) is 0 Å². The van der Waals surface area contributed by atoms with Crippen molar-refractivity contribution < 1.29 is 14.7 Å². The molecule has 19 heavy (non-hydrogen) atoms. The second-order valence-electron chi connectivity index (χ2n) is 6.37. The number of rotatable bonds is 7. The second kappa shape index (κ2) is 8.02. The van der Waals surface area contributed by atoms with E-state index in [0.717, 1.165) is 12.8 Å². The maximum atomic E-state index is 11.8. The Morgan fingerprint density at radius 2 is 1.79 bits per heavy atom. The molecule has 0 aliphatic heterocycles. The van der Waals surface area contributed by atoms with Gasteiger partial charge in [-0.3, -0.25) is 4.79 Å². The van der Waals surface area contributed by atoms with E-state index in [1.807, 2.05) is 27.7 Å². The van der Waals surface area contributed by atoms with Crippen molar-refractivity contribution >= 4 is 12.0 Å². The van der Waals surface area contributed by atoms with Gasteiger partial charge in [0.15, 0.2) is 0 Å². The molecule has 0 spiro atoms. The lowest BCUT2D eigenvalue weighted by atomic mass is 9.87. The largest absolute Gasteiger partial charge is 0.481 e. The molecule has 0 aliphatic rings. The van der Waals surface area contributed by atoms with E-state index in [0.29, 0.717) is 6.42 Å². The van der Waals surface area contributed by atoms with E-state index in [1.54, 1.807) is 0 Å². The first-order valence-corrected chi connectivity index (χ1v) is 6.93. The van der Waals surface area contributed by atoms with Crippen molar-refractivity contribution in [3.8, 4) is 0 Å². The summed E-state index contributed by atoms with van der Waals surface area (Å²) in [5.41, 5.74) is -0.0254.